The van der Waals surface area contributed by atoms with Crippen LogP contribution < -0.4 is 5.73 Å². The van der Waals surface area contributed by atoms with Crippen molar-refractivity contribution in [3.8, 4) is 0 Å². The Morgan fingerprint density at radius 1 is 1.36 bits per heavy atom. The summed E-state index contributed by atoms with van der Waals surface area (Å²) in [5.74, 6) is 0. The fourth-order valence-corrected chi connectivity index (χ4v) is 1.45. The zero-order chi connectivity index (χ0) is 10.9. The third-order valence-corrected chi connectivity index (χ3v) is 2.36. The fourth-order valence-electron chi connectivity index (χ4n) is 1.16. The Morgan fingerprint density at radius 3 is 2.36 bits per heavy atom. The third-order valence-electron chi connectivity index (χ3n) is 1.96. The first-order valence-electron chi connectivity index (χ1n) is 4.02. The second-order valence-electron chi connectivity index (χ2n) is 2.85. The summed E-state index contributed by atoms with van der Waals surface area (Å²) in [7, 11) is 0. The molecule has 0 unspecified atom stereocenters. The lowest BCUT2D eigenvalue weighted by molar-refractivity contribution is -0.137. The van der Waals surface area contributed by atoms with Crippen LogP contribution in [0.15, 0.2) is 12.1 Å². The Morgan fingerprint density at radius 2 is 1.93 bits per heavy atom. The van der Waals surface area contributed by atoms with Gasteiger partial charge in [-0.1, -0.05) is 24.6 Å². The van der Waals surface area contributed by atoms with Crippen LogP contribution >= 0.6 is 11.6 Å². The van der Waals surface area contributed by atoms with Crippen LogP contribution in [-0.4, -0.2) is 0 Å². The van der Waals surface area contributed by atoms with E-state index in [1.165, 1.54) is 6.07 Å². The molecule has 0 heterocycles. The summed E-state index contributed by atoms with van der Waals surface area (Å²) in [5.41, 5.74) is 5.22. The van der Waals surface area contributed by atoms with Gasteiger partial charge in [-0.3, -0.25) is 0 Å². The molecule has 1 nitrogen and oxygen atoms in total. The summed E-state index contributed by atoms with van der Waals surface area (Å²) < 4.78 is 37.0. The van der Waals surface area contributed by atoms with Gasteiger partial charge in [-0.05, 0) is 18.1 Å². The smallest absolute Gasteiger partial charge is 0.397 e. The lowest BCUT2D eigenvalue weighted by atomic mass is 10.1. The van der Waals surface area contributed by atoms with E-state index < -0.39 is 16.8 Å². The van der Waals surface area contributed by atoms with Gasteiger partial charge in [0, 0.05) is 0 Å². The number of alkyl halides is 3. The predicted octanol–water partition coefficient (Wildman–Crippen LogP) is 3.50. The number of benzene rings is 1. The number of rotatable bonds is 1. The number of anilines is 1. The normalized spacial score (nSPS) is 11.8. The van der Waals surface area contributed by atoms with Crippen LogP contribution in [0.2, 0.25) is 5.02 Å². The highest BCUT2D eigenvalue weighted by Crippen LogP contribution is 2.38. The average molecular weight is 224 g/mol. The third kappa shape index (κ3) is 1.95. The number of halogens is 4. The molecule has 0 aliphatic rings. The van der Waals surface area contributed by atoms with E-state index in [2.05, 4.69) is 0 Å². The van der Waals surface area contributed by atoms with Crippen molar-refractivity contribution in [2.45, 2.75) is 19.5 Å². The molecule has 0 aromatic heterocycles. The molecule has 0 fully saturated rings. The number of hydrogen-bond donors (Lipinski definition) is 1. The van der Waals surface area contributed by atoms with Crippen molar-refractivity contribution in [3.05, 3.63) is 28.3 Å². The van der Waals surface area contributed by atoms with Gasteiger partial charge in [-0.2, -0.15) is 13.2 Å². The number of nitrogens with two attached hydrogens (primary N) is 1. The SMILES string of the molecule is CCc1ccc(C(F)(F)F)c(Cl)c1N. The molecule has 0 spiro atoms. The topological polar surface area (TPSA) is 26.0 Å². The number of nitrogen functional groups attached to an aromatic ring is 1. The molecule has 0 saturated carbocycles. The monoisotopic (exact) mass is 223 g/mol. The standard InChI is InChI=1S/C9H9ClF3N/c1-2-5-3-4-6(9(11,12)13)7(10)8(5)14/h3-4H,2,14H2,1H3. The maximum atomic E-state index is 12.3. The van der Waals surface area contributed by atoms with E-state index in [4.69, 9.17) is 17.3 Å². The van der Waals surface area contributed by atoms with E-state index in [9.17, 15) is 13.2 Å². The van der Waals surface area contributed by atoms with Crippen molar-refractivity contribution in [2.24, 2.45) is 0 Å². The van der Waals surface area contributed by atoms with Gasteiger partial charge in [-0.15, -0.1) is 0 Å². The van der Waals surface area contributed by atoms with Crippen molar-refractivity contribution in [3.63, 3.8) is 0 Å². The van der Waals surface area contributed by atoms with Crippen molar-refractivity contribution in [2.75, 3.05) is 5.73 Å². The summed E-state index contributed by atoms with van der Waals surface area (Å²) in [6.07, 6.45) is -3.89. The molecule has 5 heteroatoms. The second kappa shape index (κ2) is 3.69. The minimum Gasteiger partial charge on any atom is -0.397 e. The second-order valence-corrected chi connectivity index (χ2v) is 3.23. The van der Waals surface area contributed by atoms with E-state index in [0.29, 0.717) is 12.0 Å². The largest absolute Gasteiger partial charge is 0.417 e. The molecule has 78 valence electrons. The Kier molecular flexibility index (Phi) is 2.95. The Balaban J connectivity index is 3.31. The van der Waals surface area contributed by atoms with Gasteiger partial charge in [0.15, 0.2) is 0 Å². The van der Waals surface area contributed by atoms with E-state index in [-0.39, 0.29) is 5.69 Å². The number of hydrogen-bond acceptors (Lipinski definition) is 1. The highest BCUT2D eigenvalue weighted by atomic mass is 35.5. The molecule has 1 aromatic rings. The first-order chi connectivity index (χ1) is 6.38. The van der Waals surface area contributed by atoms with Crippen LogP contribution in [0.25, 0.3) is 0 Å². The summed E-state index contributed by atoms with van der Waals surface area (Å²) in [6.45, 7) is 1.80. The van der Waals surface area contributed by atoms with Crippen LogP contribution in [0.3, 0.4) is 0 Å². The molecule has 0 atom stereocenters. The van der Waals surface area contributed by atoms with Gasteiger partial charge in [0.25, 0.3) is 0 Å². The van der Waals surface area contributed by atoms with Crippen molar-refractivity contribution < 1.29 is 13.2 Å². The summed E-state index contributed by atoms with van der Waals surface area (Å²) in [4.78, 5) is 0. The Labute approximate surface area is 84.7 Å². The zero-order valence-corrected chi connectivity index (χ0v) is 8.21. The summed E-state index contributed by atoms with van der Waals surface area (Å²) in [5, 5.41) is -0.406. The predicted molar refractivity (Wildman–Crippen MR) is 50.2 cm³/mol. The molecule has 2 N–H and O–H groups in total. The molecular weight excluding hydrogens is 215 g/mol. The zero-order valence-electron chi connectivity index (χ0n) is 7.45. The highest BCUT2D eigenvalue weighted by molar-refractivity contribution is 6.34. The maximum absolute atomic E-state index is 12.3. The van der Waals surface area contributed by atoms with Crippen molar-refractivity contribution >= 4 is 17.3 Å². The van der Waals surface area contributed by atoms with Gasteiger partial charge in [0.2, 0.25) is 0 Å². The molecule has 14 heavy (non-hydrogen) atoms. The molecule has 0 aliphatic heterocycles. The van der Waals surface area contributed by atoms with Crippen LogP contribution in [-0.2, 0) is 12.6 Å². The molecule has 0 saturated heterocycles. The first kappa shape index (κ1) is 11.2. The first-order valence-corrected chi connectivity index (χ1v) is 4.39. The van der Waals surface area contributed by atoms with Crippen molar-refractivity contribution in [1.82, 2.24) is 0 Å². The summed E-state index contributed by atoms with van der Waals surface area (Å²) >= 11 is 5.52. The molecule has 0 bridgehead atoms. The van der Waals surface area contributed by atoms with Crippen LogP contribution in [0, 0.1) is 0 Å². The molecule has 1 aromatic carbocycles. The van der Waals surface area contributed by atoms with E-state index >= 15 is 0 Å². The maximum Gasteiger partial charge on any atom is 0.417 e. The van der Waals surface area contributed by atoms with Crippen LogP contribution in [0.5, 0.6) is 0 Å². The van der Waals surface area contributed by atoms with Gasteiger partial charge in [0.1, 0.15) is 0 Å². The lowest BCUT2D eigenvalue weighted by Gasteiger charge is -2.12. The minimum absolute atomic E-state index is 0.0176. The molecule has 0 amide bonds. The van der Waals surface area contributed by atoms with Crippen LogP contribution in [0.1, 0.15) is 18.1 Å². The van der Waals surface area contributed by atoms with E-state index in [0.717, 1.165) is 6.07 Å². The number of aryl methyl sites for hydroxylation is 1. The van der Waals surface area contributed by atoms with Crippen LogP contribution in [0.4, 0.5) is 18.9 Å². The van der Waals surface area contributed by atoms with E-state index in [1.54, 1.807) is 6.92 Å². The quantitative estimate of drug-likeness (QED) is 0.725. The van der Waals surface area contributed by atoms with E-state index in [1.807, 2.05) is 0 Å². The average Bonchev–Trinajstić information content (AvgIpc) is 2.07. The minimum atomic E-state index is -4.45. The molecule has 0 aliphatic carbocycles. The Hall–Kier alpha value is -0.900. The van der Waals surface area contributed by atoms with Crippen molar-refractivity contribution in [1.29, 1.82) is 0 Å². The lowest BCUT2D eigenvalue weighted by Crippen LogP contribution is -2.08. The molecule has 0 radical (unpaired) electrons. The van der Waals surface area contributed by atoms with Gasteiger partial charge < -0.3 is 5.73 Å². The summed E-state index contributed by atoms with van der Waals surface area (Å²) in [6, 6.07) is 2.31. The van der Waals surface area contributed by atoms with Gasteiger partial charge in [0.05, 0.1) is 16.3 Å². The van der Waals surface area contributed by atoms with Gasteiger partial charge in [-0.25, -0.2) is 0 Å². The Bertz CT molecular complexity index is 347. The fraction of sp³-hybridized carbons (Fsp3) is 0.333. The highest BCUT2D eigenvalue weighted by Gasteiger charge is 2.34. The van der Waals surface area contributed by atoms with Gasteiger partial charge >= 0.3 is 6.18 Å². The molecule has 1 rings (SSSR count). The molecular formula is C9H9ClF3N.